The van der Waals surface area contributed by atoms with Crippen LogP contribution in [0.1, 0.15) is 12.8 Å². The first-order chi connectivity index (χ1) is 8.41. The maximum Gasteiger partial charge on any atom is 0.411 e. The van der Waals surface area contributed by atoms with Gasteiger partial charge in [-0.25, -0.2) is 9.89 Å². The maximum atomic E-state index is 12.7. The van der Waals surface area contributed by atoms with Crippen molar-refractivity contribution in [3.8, 4) is 0 Å². The molecule has 0 aliphatic heterocycles. The van der Waals surface area contributed by atoms with Crippen molar-refractivity contribution in [2.75, 3.05) is 5.32 Å². The first kappa shape index (κ1) is 11.1. The van der Waals surface area contributed by atoms with Gasteiger partial charge in [-0.15, -0.1) is 5.10 Å². The van der Waals surface area contributed by atoms with Crippen molar-refractivity contribution >= 4 is 11.5 Å². The van der Waals surface area contributed by atoms with Gasteiger partial charge in [-0.05, 0) is 25.0 Å². The number of aromatic nitrogens is 4. The number of aromatic amines is 1. The molecule has 0 aromatic carbocycles. The number of hydrogen-bond donors (Lipinski definition) is 2. The van der Waals surface area contributed by atoms with Gasteiger partial charge in [-0.3, -0.25) is 0 Å². The predicted molar refractivity (Wildman–Crippen MR) is 55.3 cm³/mol. The van der Waals surface area contributed by atoms with Crippen LogP contribution in [0, 0.1) is 0 Å². The molecule has 18 heavy (non-hydrogen) atoms. The molecule has 1 fully saturated rings. The van der Waals surface area contributed by atoms with Gasteiger partial charge < -0.3 is 5.32 Å². The number of rotatable bonds is 2. The highest BCUT2D eigenvalue weighted by molar-refractivity contribution is 5.46. The molecule has 2 aromatic rings. The van der Waals surface area contributed by atoms with Crippen LogP contribution >= 0.6 is 0 Å². The van der Waals surface area contributed by atoms with E-state index in [1.165, 1.54) is 12.1 Å². The Labute approximate surface area is 97.8 Å². The zero-order valence-corrected chi connectivity index (χ0v) is 8.95. The van der Waals surface area contributed by atoms with E-state index in [1.54, 1.807) is 0 Å². The van der Waals surface area contributed by atoms with Crippen LogP contribution in [-0.4, -0.2) is 31.5 Å². The Morgan fingerprint density at radius 1 is 1.39 bits per heavy atom. The second-order valence-corrected chi connectivity index (χ2v) is 4.22. The van der Waals surface area contributed by atoms with Crippen LogP contribution in [-0.2, 0) is 0 Å². The third-order valence-corrected chi connectivity index (χ3v) is 2.93. The Hall–Kier alpha value is -2.06. The van der Waals surface area contributed by atoms with Crippen molar-refractivity contribution in [2.24, 2.45) is 0 Å². The number of halogens is 3. The van der Waals surface area contributed by atoms with Gasteiger partial charge in [0.15, 0.2) is 5.65 Å². The molecule has 6 nitrogen and oxygen atoms in total. The minimum atomic E-state index is -4.33. The fourth-order valence-corrected chi connectivity index (χ4v) is 1.72. The molecule has 1 aliphatic rings. The maximum absolute atomic E-state index is 12.7. The molecule has 1 aliphatic carbocycles. The average molecular weight is 259 g/mol. The summed E-state index contributed by atoms with van der Waals surface area (Å²) < 4.78 is 39.1. The quantitative estimate of drug-likeness (QED) is 0.841. The minimum absolute atomic E-state index is 0.000764. The number of H-pyrrole nitrogens is 1. The third-order valence-electron chi connectivity index (χ3n) is 2.93. The monoisotopic (exact) mass is 259 g/mol. The van der Waals surface area contributed by atoms with Gasteiger partial charge in [0.25, 0.3) is 0 Å². The summed E-state index contributed by atoms with van der Waals surface area (Å²) >= 11 is 0. The summed E-state index contributed by atoms with van der Waals surface area (Å²) in [5.74, 6) is 0.000764. The zero-order chi connectivity index (χ0) is 13.0. The van der Waals surface area contributed by atoms with E-state index in [2.05, 4.69) is 20.6 Å². The molecule has 2 aromatic heterocycles. The fourth-order valence-electron chi connectivity index (χ4n) is 1.72. The van der Waals surface area contributed by atoms with Gasteiger partial charge in [0.1, 0.15) is 11.4 Å². The van der Waals surface area contributed by atoms with Gasteiger partial charge >= 0.3 is 11.9 Å². The molecule has 0 spiro atoms. The second kappa shape index (κ2) is 3.24. The summed E-state index contributed by atoms with van der Waals surface area (Å²) in [5.41, 5.74) is -2.24. The van der Waals surface area contributed by atoms with E-state index in [0.717, 1.165) is 4.52 Å². The Morgan fingerprint density at radius 2 is 2.11 bits per heavy atom. The van der Waals surface area contributed by atoms with Crippen LogP contribution in [0.15, 0.2) is 16.9 Å². The number of nitrogens with zero attached hydrogens (tertiary/aromatic N) is 3. The Balaban J connectivity index is 1.96. The number of fused-ring (bicyclic) bond motifs is 1. The molecule has 9 heteroatoms. The molecule has 1 saturated carbocycles. The van der Waals surface area contributed by atoms with Crippen molar-refractivity contribution in [2.45, 2.75) is 24.6 Å². The van der Waals surface area contributed by atoms with Gasteiger partial charge in [0.2, 0.25) is 0 Å². The van der Waals surface area contributed by atoms with Gasteiger partial charge in [-0.1, -0.05) is 0 Å². The van der Waals surface area contributed by atoms with E-state index < -0.39 is 17.4 Å². The van der Waals surface area contributed by atoms with E-state index in [4.69, 9.17) is 0 Å². The third kappa shape index (κ3) is 1.54. The molecule has 96 valence electrons. The Morgan fingerprint density at radius 3 is 2.72 bits per heavy atom. The first-order valence-corrected chi connectivity index (χ1v) is 5.21. The van der Waals surface area contributed by atoms with E-state index in [1.807, 2.05) is 0 Å². The lowest BCUT2D eigenvalue weighted by molar-refractivity contribution is -0.151. The number of nitrogens with one attached hydrogen (secondary N) is 2. The highest BCUT2D eigenvalue weighted by atomic mass is 19.4. The molecule has 3 rings (SSSR count). The smallest absolute Gasteiger partial charge is 0.355 e. The molecular formula is C9H8F3N5O. The largest absolute Gasteiger partial charge is 0.411 e. The van der Waals surface area contributed by atoms with Crippen LogP contribution in [0.5, 0.6) is 0 Å². The van der Waals surface area contributed by atoms with Crippen molar-refractivity contribution in [1.82, 2.24) is 19.8 Å². The van der Waals surface area contributed by atoms with Gasteiger partial charge in [0, 0.05) is 0 Å². The molecule has 0 radical (unpaired) electrons. The predicted octanol–water partition coefficient (Wildman–Crippen LogP) is 0.924. The minimum Gasteiger partial charge on any atom is -0.355 e. The van der Waals surface area contributed by atoms with Crippen LogP contribution in [0.2, 0.25) is 0 Å². The SMILES string of the molecule is O=c1[nH]nc2ccc(NC3(C(F)(F)F)CC3)nn12. The van der Waals surface area contributed by atoms with E-state index in [9.17, 15) is 18.0 Å². The van der Waals surface area contributed by atoms with Crippen molar-refractivity contribution in [3.63, 3.8) is 0 Å². The highest BCUT2D eigenvalue weighted by Gasteiger charge is 2.63. The van der Waals surface area contributed by atoms with Crippen molar-refractivity contribution in [1.29, 1.82) is 0 Å². The lowest BCUT2D eigenvalue weighted by Crippen LogP contribution is -2.39. The van der Waals surface area contributed by atoms with Gasteiger partial charge in [0.05, 0.1) is 0 Å². The molecule has 2 heterocycles. The summed E-state index contributed by atoms with van der Waals surface area (Å²) in [6.07, 6.45) is -4.31. The fraction of sp³-hybridized carbons (Fsp3) is 0.444. The normalized spacial score (nSPS) is 17.9. The number of anilines is 1. The van der Waals surface area contributed by atoms with Crippen molar-refractivity contribution < 1.29 is 13.2 Å². The molecule has 0 bridgehead atoms. The standard InChI is InChI=1S/C9H8F3N5O/c10-9(11,12)8(3-4-8)13-5-1-2-6-14-15-7(18)17(6)16-5/h1-2H,3-4H2,(H,13,16)(H,15,18). The lowest BCUT2D eigenvalue weighted by Gasteiger charge is -2.20. The lowest BCUT2D eigenvalue weighted by atomic mass is 10.2. The van der Waals surface area contributed by atoms with Crippen LogP contribution in [0.3, 0.4) is 0 Å². The summed E-state index contributed by atoms with van der Waals surface area (Å²) in [5, 5.41) is 11.9. The first-order valence-electron chi connectivity index (χ1n) is 5.21. The Kier molecular flexibility index (Phi) is 1.99. The summed E-state index contributed by atoms with van der Waals surface area (Å²) in [7, 11) is 0. The zero-order valence-electron chi connectivity index (χ0n) is 8.95. The summed E-state index contributed by atoms with van der Waals surface area (Å²) in [6, 6.07) is 2.78. The van der Waals surface area contributed by atoms with E-state index >= 15 is 0 Å². The topological polar surface area (TPSA) is 75.1 Å². The molecule has 0 unspecified atom stereocenters. The van der Waals surface area contributed by atoms with E-state index in [0.29, 0.717) is 0 Å². The van der Waals surface area contributed by atoms with E-state index in [-0.39, 0.29) is 24.3 Å². The summed E-state index contributed by atoms with van der Waals surface area (Å²) in [6.45, 7) is 0. The summed E-state index contributed by atoms with van der Waals surface area (Å²) in [4.78, 5) is 11.2. The van der Waals surface area contributed by atoms with Crippen LogP contribution in [0.25, 0.3) is 5.65 Å². The molecule has 0 atom stereocenters. The number of alkyl halides is 3. The molecule has 0 saturated heterocycles. The molecule has 2 N–H and O–H groups in total. The molecule has 0 amide bonds. The van der Waals surface area contributed by atoms with Crippen LogP contribution in [0.4, 0.5) is 19.0 Å². The van der Waals surface area contributed by atoms with Gasteiger partial charge in [-0.2, -0.15) is 22.8 Å². The Bertz CT molecular complexity index is 654. The number of hydrogen-bond acceptors (Lipinski definition) is 4. The average Bonchev–Trinajstić information content (AvgIpc) is 2.99. The highest BCUT2D eigenvalue weighted by Crippen LogP contribution is 2.50. The van der Waals surface area contributed by atoms with Crippen LogP contribution < -0.4 is 11.0 Å². The second-order valence-electron chi connectivity index (χ2n) is 4.22. The molecular weight excluding hydrogens is 251 g/mol. The van der Waals surface area contributed by atoms with Crippen molar-refractivity contribution in [3.05, 3.63) is 22.6 Å².